The molecular weight excluding hydrogens is 398 g/mol. The van der Waals surface area contributed by atoms with Gasteiger partial charge >= 0.3 is 0 Å². The minimum absolute atomic E-state index is 0.0362. The van der Waals surface area contributed by atoms with Gasteiger partial charge in [0.25, 0.3) is 11.8 Å². The van der Waals surface area contributed by atoms with Gasteiger partial charge in [-0.3, -0.25) is 14.6 Å². The highest BCUT2D eigenvalue weighted by Crippen LogP contribution is 2.13. The van der Waals surface area contributed by atoms with Gasteiger partial charge in [-0.1, -0.05) is 48.5 Å². The van der Waals surface area contributed by atoms with E-state index in [-0.39, 0.29) is 23.9 Å². The minimum atomic E-state index is -0.125. The number of hydrogen-bond donors (Lipinski definition) is 1. The van der Waals surface area contributed by atoms with Crippen LogP contribution in [0.25, 0.3) is 0 Å². The normalized spacial score (nSPS) is 11.7. The summed E-state index contributed by atoms with van der Waals surface area (Å²) in [5.74, 6) is -0.0836. The van der Waals surface area contributed by atoms with E-state index in [1.165, 1.54) is 5.56 Å². The van der Waals surface area contributed by atoms with Crippen LogP contribution in [0.1, 0.15) is 53.0 Å². The molecule has 3 aromatic rings. The summed E-state index contributed by atoms with van der Waals surface area (Å²) in [5.41, 5.74) is 2.42. The summed E-state index contributed by atoms with van der Waals surface area (Å²) in [4.78, 5) is 31.6. The zero-order valence-electron chi connectivity index (χ0n) is 18.8. The molecule has 0 aliphatic carbocycles. The van der Waals surface area contributed by atoms with Crippen LogP contribution in [0.5, 0.6) is 0 Å². The van der Waals surface area contributed by atoms with Gasteiger partial charge in [-0.2, -0.15) is 0 Å². The van der Waals surface area contributed by atoms with Gasteiger partial charge < -0.3 is 10.2 Å². The first-order valence-electron chi connectivity index (χ1n) is 11.2. The lowest BCUT2D eigenvalue weighted by atomic mass is 10.0. The van der Waals surface area contributed by atoms with Gasteiger partial charge in [0.2, 0.25) is 0 Å². The van der Waals surface area contributed by atoms with Crippen LogP contribution in [0.2, 0.25) is 0 Å². The number of carbonyl (C=O) groups excluding carboxylic acids is 2. The predicted molar refractivity (Wildman–Crippen MR) is 127 cm³/mol. The van der Waals surface area contributed by atoms with Gasteiger partial charge in [-0.05, 0) is 62.9 Å². The lowest BCUT2D eigenvalue weighted by molar-refractivity contribution is 0.0698. The molecule has 0 fully saturated rings. The molecule has 2 aromatic carbocycles. The Balaban J connectivity index is 1.65. The Labute approximate surface area is 190 Å². The second kappa shape index (κ2) is 11.8. The molecule has 0 saturated carbocycles. The Bertz CT molecular complexity index is 976. The van der Waals surface area contributed by atoms with Crippen LogP contribution < -0.4 is 5.32 Å². The van der Waals surface area contributed by atoms with Crippen LogP contribution in [0, 0.1) is 0 Å². The molecule has 1 N–H and O–H groups in total. The molecule has 1 aromatic heterocycles. The summed E-state index contributed by atoms with van der Waals surface area (Å²) >= 11 is 0. The first-order valence-corrected chi connectivity index (χ1v) is 11.2. The lowest BCUT2D eigenvalue weighted by Crippen LogP contribution is -2.40. The Morgan fingerprint density at radius 2 is 1.56 bits per heavy atom. The van der Waals surface area contributed by atoms with Crippen molar-refractivity contribution in [3.8, 4) is 0 Å². The van der Waals surface area contributed by atoms with Crippen molar-refractivity contribution >= 4 is 11.8 Å². The monoisotopic (exact) mass is 429 g/mol. The molecule has 0 aliphatic rings. The van der Waals surface area contributed by atoms with Crippen LogP contribution in [0.15, 0.2) is 85.2 Å². The van der Waals surface area contributed by atoms with E-state index in [9.17, 15) is 9.59 Å². The molecule has 1 heterocycles. The highest BCUT2D eigenvalue weighted by atomic mass is 16.2. The number of amides is 2. The Hall–Kier alpha value is -3.47. The van der Waals surface area contributed by atoms with Gasteiger partial charge in [0.05, 0.1) is 5.56 Å². The highest BCUT2D eigenvalue weighted by molar-refractivity contribution is 5.94. The third-order valence-electron chi connectivity index (χ3n) is 5.44. The number of benzene rings is 2. The molecule has 1 atom stereocenters. The lowest BCUT2D eigenvalue weighted by Gasteiger charge is -2.28. The SMILES string of the molecule is CC(C)N(CCCC(Cc1ccccc1)NC(=O)c1cccnc1)C(=O)c1ccccc1. The van der Waals surface area contributed by atoms with Crippen LogP contribution in [-0.2, 0) is 6.42 Å². The molecule has 0 radical (unpaired) electrons. The van der Waals surface area contributed by atoms with Crippen LogP contribution in [-0.4, -0.2) is 40.3 Å². The fraction of sp³-hybridized carbons (Fsp3) is 0.296. The maximum Gasteiger partial charge on any atom is 0.254 e. The molecule has 0 bridgehead atoms. The smallest absolute Gasteiger partial charge is 0.254 e. The number of nitrogens with one attached hydrogen (secondary N) is 1. The molecule has 166 valence electrons. The molecule has 32 heavy (non-hydrogen) atoms. The summed E-state index contributed by atoms with van der Waals surface area (Å²) < 4.78 is 0. The van der Waals surface area contributed by atoms with E-state index >= 15 is 0 Å². The van der Waals surface area contributed by atoms with Gasteiger partial charge in [0.15, 0.2) is 0 Å². The van der Waals surface area contributed by atoms with Gasteiger partial charge in [-0.25, -0.2) is 0 Å². The number of nitrogens with zero attached hydrogens (tertiary/aromatic N) is 2. The van der Waals surface area contributed by atoms with E-state index in [2.05, 4.69) is 22.4 Å². The molecule has 0 saturated heterocycles. The number of pyridine rings is 1. The van der Waals surface area contributed by atoms with Crippen LogP contribution >= 0.6 is 0 Å². The first-order chi connectivity index (χ1) is 15.5. The predicted octanol–water partition coefficient (Wildman–Crippen LogP) is 4.75. The third-order valence-corrected chi connectivity index (χ3v) is 5.44. The molecule has 3 rings (SSSR count). The maximum atomic E-state index is 13.0. The standard InChI is InChI=1S/C27H31N3O2/c1-21(2)30(27(32)23-13-7-4-8-14-23)18-10-16-25(19-22-11-5-3-6-12-22)29-26(31)24-15-9-17-28-20-24/h3-9,11-15,17,20-21,25H,10,16,18-19H2,1-2H3,(H,29,31). The van der Waals surface area contributed by atoms with Gasteiger partial charge in [0, 0.05) is 36.6 Å². The quantitative estimate of drug-likeness (QED) is 0.506. The first kappa shape index (κ1) is 23.2. The van der Waals surface area contributed by atoms with E-state index < -0.39 is 0 Å². The maximum absolute atomic E-state index is 13.0. The van der Waals surface area contributed by atoms with Crippen molar-refractivity contribution in [2.75, 3.05) is 6.54 Å². The van der Waals surface area contributed by atoms with Crippen molar-refractivity contribution in [1.82, 2.24) is 15.2 Å². The van der Waals surface area contributed by atoms with Crippen molar-refractivity contribution in [3.63, 3.8) is 0 Å². The average molecular weight is 430 g/mol. The second-order valence-electron chi connectivity index (χ2n) is 8.20. The highest BCUT2D eigenvalue weighted by Gasteiger charge is 2.20. The van der Waals surface area contributed by atoms with E-state index in [1.54, 1.807) is 24.5 Å². The summed E-state index contributed by atoms with van der Waals surface area (Å²) in [6.45, 7) is 4.71. The molecule has 0 aliphatic heterocycles. The Morgan fingerprint density at radius 1 is 0.906 bits per heavy atom. The van der Waals surface area contributed by atoms with Gasteiger partial charge in [-0.15, -0.1) is 0 Å². The van der Waals surface area contributed by atoms with E-state index in [0.29, 0.717) is 17.7 Å². The number of aromatic nitrogens is 1. The largest absolute Gasteiger partial charge is 0.349 e. The fourth-order valence-electron chi connectivity index (χ4n) is 3.74. The average Bonchev–Trinajstić information content (AvgIpc) is 2.83. The number of rotatable bonds is 10. The molecule has 0 spiro atoms. The Morgan fingerprint density at radius 3 is 2.19 bits per heavy atom. The number of carbonyl (C=O) groups is 2. The van der Waals surface area contributed by atoms with Crippen molar-refractivity contribution < 1.29 is 9.59 Å². The van der Waals surface area contributed by atoms with Crippen molar-refractivity contribution in [3.05, 3.63) is 102 Å². The summed E-state index contributed by atoms with van der Waals surface area (Å²) in [6, 6.07) is 23.1. The third kappa shape index (κ3) is 6.77. The zero-order valence-corrected chi connectivity index (χ0v) is 18.8. The number of hydrogen-bond acceptors (Lipinski definition) is 3. The van der Waals surface area contributed by atoms with Crippen LogP contribution in [0.4, 0.5) is 0 Å². The minimum Gasteiger partial charge on any atom is -0.349 e. The van der Waals surface area contributed by atoms with E-state index in [1.807, 2.05) is 67.3 Å². The Kier molecular flexibility index (Phi) is 8.55. The van der Waals surface area contributed by atoms with Crippen molar-refractivity contribution in [1.29, 1.82) is 0 Å². The molecule has 5 nitrogen and oxygen atoms in total. The second-order valence-corrected chi connectivity index (χ2v) is 8.20. The molecule has 2 amide bonds. The fourth-order valence-corrected chi connectivity index (χ4v) is 3.74. The van der Waals surface area contributed by atoms with Crippen molar-refractivity contribution in [2.24, 2.45) is 0 Å². The summed E-state index contributed by atoms with van der Waals surface area (Å²) in [7, 11) is 0. The van der Waals surface area contributed by atoms with Crippen molar-refractivity contribution in [2.45, 2.75) is 45.2 Å². The molecule has 5 heteroatoms. The zero-order chi connectivity index (χ0) is 22.8. The van der Waals surface area contributed by atoms with E-state index in [4.69, 9.17) is 0 Å². The van der Waals surface area contributed by atoms with Crippen LogP contribution in [0.3, 0.4) is 0 Å². The topological polar surface area (TPSA) is 62.3 Å². The summed E-state index contributed by atoms with van der Waals surface area (Å²) in [6.07, 6.45) is 5.53. The van der Waals surface area contributed by atoms with Gasteiger partial charge in [0.1, 0.15) is 0 Å². The summed E-state index contributed by atoms with van der Waals surface area (Å²) in [5, 5.41) is 3.16. The molecule has 1 unspecified atom stereocenters. The van der Waals surface area contributed by atoms with E-state index in [0.717, 1.165) is 19.3 Å². The molecular formula is C27H31N3O2.